The number of carbonyl (C=O) groups excluding carboxylic acids is 1. The highest BCUT2D eigenvalue weighted by Crippen LogP contribution is 2.28. The Morgan fingerprint density at radius 1 is 1.41 bits per heavy atom. The first-order valence-electron chi connectivity index (χ1n) is 6.31. The lowest BCUT2D eigenvalue weighted by atomic mass is 9.95. The summed E-state index contributed by atoms with van der Waals surface area (Å²) in [5.41, 5.74) is 0. The fourth-order valence-corrected chi connectivity index (χ4v) is 3.37. The molecule has 5 heteroatoms. The highest BCUT2D eigenvalue weighted by Gasteiger charge is 2.22. The molecule has 1 fully saturated rings. The van der Waals surface area contributed by atoms with E-state index >= 15 is 0 Å². The minimum atomic E-state index is 0. The van der Waals surface area contributed by atoms with Crippen LogP contribution in [0.15, 0.2) is 0 Å². The molecule has 0 aromatic carbocycles. The Kier molecular flexibility index (Phi) is 10.1. The molecule has 1 saturated carbocycles. The lowest BCUT2D eigenvalue weighted by Gasteiger charge is -2.29. The summed E-state index contributed by atoms with van der Waals surface area (Å²) in [5.74, 6) is 1.38. The van der Waals surface area contributed by atoms with Gasteiger partial charge in [0.1, 0.15) is 0 Å². The average molecular weight is 281 g/mol. The van der Waals surface area contributed by atoms with Gasteiger partial charge in [0.2, 0.25) is 5.91 Å². The van der Waals surface area contributed by atoms with E-state index < -0.39 is 0 Å². The van der Waals surface area contributed by atoms with Gasteiger partial charge in [-0.15, -0.1) is 12.4 Å². The van der Waals surface area contributed by atoms with Crippen molar-refractivity contribution in [2.45, 2.75) is 50.3 Å². The summed E-state index contributed by atoms with van der Waals surface area (Å²) >= 11 is 2.04. The van der Waals surface area contributed by atoms with E-state index in [1.165, 1.54) is 18.6 Å². The molecule has 1 aliphatic rings. The molecule has 1 rings (SSSR count). The zero-order valence-electron chi connectivity index (χ0n) is 10.8. The van der Waals surface area contributed by atoms with Gasteiger partial charge >= 0.3 is 0 Å². The van der Waals surface area contributed by atoms with Crippen LogP contribution in [0.2, 0.25) is 0 Å². The van der Waals surface area contributed by atoms with Gasteiger partial charge in [-0.25, -0.2) is 0 Å². The summed E-state index contributed by atoms with van der Waals surface area (Å²) in [7, 11) is 1.88. The van der Waals surface area contributed by atoms with Crippen LogP contribution in [0.5, 0.6) is 0 Å². The van der Waals surface area contributed by atoms with Crippen LogP contribution >= 0.6 is 24.2 Å². The predicted octanol–water partition coefficient (Wildman–Crippen LogP) is 2.20. The van der Waals surface area contributed by atoms with Gasteiger partial charge in [-0.2, -0.15) is 11.8 Å². The lowest BCUT2D eigenvalue weighted by molar-refractivity contribution is -0.121. The number of amides is 1. The van der Waals surface area contributed by atoms with E-state index in [4.69, 9.17) is 0 Å². The number of hydrogen-bond acceptors (Lipinski definition) is 3. The maximum absolute atomic E-state index is 11.6. The van der Waals surface area contributed by atoms with E-state index in [1.807, 2.05) is 18.8 Å². The average Bonchev–Trinajstić information content (AvgIpc) is 2.27. The van der Waals surface area contributed by atoms with Crippen LogP contribution in [0, 0.1) is 0 Å². The molecule has 0 aromatic heterocycles. The SMILES string of the molecule is CCSC1CCCC(NC(=O)CCNC)C1.Cl. The van der Waals surface area contributed by atoms with Crippen molar-refractivity contribution in [2.24, 2.45) is 0 Å². The Labute approximate surface area is 115 Å². The van der Waals surface area contributed by atoms with Crippen molar-refractivity contribution in [2.75, 3.05) is 19.3 Å². The second-order valence-corrected chi connectivity index (χ2v) is 5.94. The minimum absolute atomic E-state index is 0. The molecule has 0 saturated heterocycles. The maximum Gasteiger partial charge on any atom is 0.221 e. The van der Waals surface area contributed by atoms with Crippen molar-refractivity contribution >= 4 is 30.1 Å². The van der Waals surface area contributed by atoms with Gasteiger partial charge in [-0.05, 0) is 32.1 Å². The smallest absolute Gasteiger partial charge is 0.221 e. The van der Waals surface area contributed by atoms with E-state index in [-0.39, 0.29) is 18.3 Å². The lowest BCUT2D eigenvalue weighted by Crippen LogP contribution is -2.39. The van der Waals surface area contributed by atoms with Crippen LogP contribution in [-0.4, -0.2) is 36.5 Å². The summed E-state index contributed by atoms with van der Waals surface area (Å²) in [6.07, 6.45) is 5.49. The van der Waals surface area contributed by atoms with Crippen LogP contribution in [0.4, 0.5) is 0 Å². The molecule has 17 heavy (non-hydrogen) atoms. The number of thioether (sulfide) groups is 1. The third-order valence-corrected chi connectivity index (χ3v) is 4.23. The Morgan fingerprint density at radius 2 is 2.18 bits per heavy atom. The van der Waals surface area contributed by atoms with E-state index in [0.717, 1.165) is 24.6 Å². The quantitative estimate of drug-likeness (QED) is 0.784. The number of halogens is 1. The van der Waals surface area contributed by atoms with Crippen LogP contribution in [0.1, 0.15) is 39.0 Å². The van der Waals surface area contributed by atoms with Crippen molar-refractivity contribution in [3.8, 4) is 0 Å². The van der Waals surface area contributed by atoms with E-state index in [1.54, 1.807) is 0 Å². The second-order valence-electron chi connectivity index (χ2n) is 4.36. The molecular formula is C12H25ClN2OS. The molecule has 0 heterocycles. The van der Waals surface area contributed by atoms with E-state index in [0.29, 0.717) is 12.5 Å². The van der Waals surface area contributed by atoms with Gasteiger partial charge in [-0.1, -0.05) is 13.3 Å². The highest BCUT2D eigenvalue weighted by atomic mass is 35.5. The van der Waals surface area contributed by atoms with Gasteiger partial charge in [0.15, 0.2) is 0 Å². The Balaban J connectivity index is 0.00000256. The number of hydrogen-bond donors (Lipinski definition) is 2. The summed E-state index contributed by atoms with van der Waals surface area (Å²) in [6.45, 7) is 2.98. The van der Waals surface area contributed by atoms with Gasteiger partial charge < -0.3 is 10.6 Å². The largest absolute Gasteiger partial charge is 0.353 e. The fourth-order valence-electron chi connectivity index (χ4n) is 2.20. The molecule has 2 atom stereocenters. The fraction of sp³-hybridized carbons (Fsp3) is 0.917. The summed E-state index contributed by atoms with van der Waals surface area (Å²) in [5, 5.41) is 6.91. The zero-order valence-corrected chi connectivity index (χ0v) is 12.5. The highest BCUT2D eigenvalue weighted by molar-refractivity contribution is 7.99. The Hall–Kier alpha value is 0.0700. The molecule has 1 aliphatic carbocycles. The van der Waals surface area contributed by atoms with Crippen LogP contribution in [0.3, 0.4) is 0 Å². The molecule has 102 valence electrons. The van der Waals surface area contributed by atoms with Crippen molar-refractivity contribution in [1.82, 2.24) is 10.6 Å². The molecule has 1 amide bonds. The van der Waals surface area contributed by atoms with Crippen molar-refractivity contribution in [3.05, 3.63) is 0 Å². The van der Waals surface area contributed by atoms with Crippen LogP contribution < -0.4 is 10.6 Å². The minimum Gasteiger partial charge on any atom is -0.353 e. The molecular weight excluding hydrogens is 256 g/mol. The topological polar surface area (TPSA) is 41.1 Å². The zero-order chi connectivity index (χ0) is 11.8. The van der Waals surface area contributed by atoms with Gasteiger partial charge in [0, 0.05) is 24.3 Å². The molecule has 0 aromatic rings. The third-order valence-electron chi connectivity index (χ3n) is 3.00. The number of nitrogens with one attached hydrogen (secondary N) is 2. The summed E-state index contributed by atoms with van der Waals surface area (Å²) in [4.78, 5) is 11.6. The maximum atomic E-state index is 11.6. The molecule has 0 spiro atoms. The van der Waals surface area contributed by atoms with Gasteiger partial charge in [-0.3, -0.25) is 4.79 Å². The van der Waals surface area contributed by atoms with E-state index in [2.05, 4.69) is 17.6 Å². The van der Waals surface area contributed by atoms with Gasteiger partial charge in [0.05, 0.1) is 0 Å². The normalized spacial score (nSPS) is 23.9. The standard InChI is InChI=1S/C12H24N2OS.ClH/c1-3-16-11-6-4-5-10(9-11)14-12(15)7-8-13-2;/h10-11,13H,3-9H2,1-2H3,(H,14,15);1H. The van der Waals surface area contributed by atoms with Crippen molar-refractivity contribution in [1.29, 1.82) is 0 Å². The molecule has 0 radical (unpaired) electrons. The molecule has 2 N–H and O–H groups in total. The van der Waals surface area contributed by atoms with Gasteiger partial charge in [0.25, 0.3) is 0 Å². The third kappa shape index (κ3) is 7.17. The summed E-state index contributed by atoms with van der Waals surface area (Å²) in [6, 6.07) is 0.419. The second kappa shape index (κ2) is 10.0. The molecule has 0 aliphatic heterocycles. The number of carbonyl (C=O) groups is 1. The number of rotatable bonds is 6. The molecule has 2 unspecified atom stereocenters. The van der Waals surface area contributed by atoms with E-state index in [9.17, 15) is 4.79 Å². The molecule has 0 bridgehead atoms. The predicted molar refractivity (Wildman–Crippen MR) is 78.1 cm³/mol. The summed E-state index contributed by atoms with van der Waals surface area (Å²) < 4.78 is 0. The van der Waals surface area contributed by atoms with Crippen LogP contribution in [0.25, 0.3) is 0 Å². The first kappa shape index (κ1) is 17.1. The first-order chi connectivity index (χ1) is 7.76. The van der Waals surface area contributed by atoms with Crippen LogP contribution in [-0.2, 0) is 4.79 Å². The Morgan fingerprint density at radius 3 is 2.82 bits per heavy atom. The van der Waals surface area contributed by atoms with Crippen molar-refractivity contribution < 1.29 is 4.79 Å². The van der Waals surface area contributed by atoms with Crippen molar-refractivity contribution in [3.63, 3.8) is 0 Å². The first-order valence-corrected chi connectivity index (χ1v) is 7.36. The monoisotopic (exact) mass is 280 g/mol. The molecule has 3 nitrogen and oxygen atoms in total. The Bertz CT molecular complexity index is 215.